The van der Waals surface area contributed by atoms with Crippen molar-refractivity contribution in [2.45, 2.75) is 64.5 Å². The third kappa shape index (κ3) is 7.33. The molecule has 0 aliphatic heterocycles. The molecule has 0 saturated heterocycles. The lowest BCUT2D eigenvalue weighted by molar-refractivity contribution is -0.137. The van der Waals surface area contributed by atoms with E-state index in [4.69, 9.17) is 0 Å². The Hall–Kier alpha value is -1.77. The maximum atomic E-state index is 12.8. The van der Waals surface area contributed by atoms with Crippen LogP contribution in [0.3, 0.4) is 0 Å². The van der Waals surface area contributed by atoms with Crippen molar-refractivity contribution in [3.8, 4) is 0 Å². The van der Waals surface area contributed by atoms with Gasteiger partial charge in [-0.3, -0.25) is 0 Å². The molecule has 3 heteroatoms. The molecular weight excluding hydrogens is 321 g/mol. The van der Waals surface area contributed by atoms with Crippen molar-refractivity contribution in [1.29, 1.82) is 0 Å². The number of rotatable bonds is 9. The van der Waals surface area contributed by atoms with Gasteiger partial charge in [0, 0.05) is 0 Å². The summed E-state index contributed by atoms with van der Waals surface area (Å²) in [5.41, 5.74) is 2.35. The van der Waals surface area contributed by atoms with E-state index in [-0.39, 0.29) is 0 Å². The molecule has 0 N–H and O–H groups in total. The summed E-state index contributed by atoms with van der Waals surface area (Å²) in [7, 11) is 0. The Morgan fingerprint density at radius 2 is 1.24 bits per heavy atom. The third-order valence-corrected chi connectivity index (χ3v) is 4.49. The van der Waals surface area contributed by atoms with Gasteiger partial charge >= 0.3 is 6.18 Å². The van der Waals surface area contributed by atoms with Gasteiger partial charge in [-0.2, -0.15) is 13.2 Å². The average molecular weight is 348 g/mol. The molecule has 0 atom stereocenters. The third-order valence-electron chi connectivity index (χ3n) is 4.49. The highest BCUT2D eigenvalue weighted by molar-refractivity contribution is 5.31. The van der Waals surface area contributed by atoms with E-state index in [9.17, 15) is 13.2 Å². The summed E-state index contributed by atoms with van der Waals surface area (Å²) in [6.45, 7) is 1.73. The first kappa shape index (κ1) is 19.6. The summed E-state index contributed by atoms with van der Waals surface area (Å²) in [5.74, 6) is 0. The van der Waals surface area contributed by atoms with Crippen LogP contribution in [0.2, 0.25) is 0 Å². The first-order chi connectivity index (χ1) is 11.9. The Labute approximate surface area is 149 Å². The van der Waals surface area contributed by atoms with Crippen LogP contribution in [-0.4, -0.2) is 0 Å². The van der Waals surface area contributed by atoms with E-state index < -0.39 is 11.7 Å². The molecule has 2 aromatic rings. The summed E-state index contributed by atoms with van der Waals surface area (Å²) in [4.78, 5) is 0. The molecule has 0 bridgehead atoms. The maximum absolute atomic E-state index is 12.8. The van der Waals surface area contributed by atoms with Gasteiger partial charge < -0.3 is 0 Å². The molecule has 0 unspecified atom stereocenters. The zero-order chi connectivity index (χ0) is 18.1. The van der Waals surface area contributed by atoms with Crippen LogP contribution in [0, 0.1) is 6.92 Å². The zero-order valence-electron chi connectivity index (χ0n) is 14.9. The zero-order valence-corrected chi connectivity index (χ0v) is 14.9. The van der Waals surface area contributed by atoms with Gasteiger partial charge in [0.05, 0.1) is 5.56 Å². The second-order valence-corrected chi connectivity index (χ2v) is 6.81. The number of hydrogen-bond acceptors (Lipinski definition) is 0. The molecule has 0 spiro atoms. The van der Waals surface area contributed by atoms with Crippen molar-refractivity contribution in [3.63, 3.8) is 0 Å². The lowest BCUT2D eigenvalue weighted by Crippen LogP contribution is -2.06. The second kappa shape index (κ2) is 9.65. The maximum Gasteiger partial charge on any atom is 0.416 e. The summed E-state index contributed by atoms with van der Waals surface area (Å²) in [6, 6.07) is 14.9. The summed E-state index contributed by atoms with van der Waals surface area (Å²) >= 11 is 0. The lowest BCUT2D eigenvalue weighted by Gasteiger charge is -2.10. The molecular formula is C22H27F3. The van der Waals surface area contributed by atoms with Crippen molar-refractivity contribution in [1.82, 2.24) is 0 Å². The highest BCUT2D eigenvalue weighted by atomic mass is 19.4. The number of alkyl halides is 3. The molecule has 0 fully saturated rings. The van der Waals surface area contributed by atoms with Crippen LogP contribution in [0.4, 0.5) is 13.2 Å². The Kier molecular flexibility index (Phi) is 7.54. The fraction of sp³-hybridized carbons (Fsp3) is 0.455. The van der Waals surface area contributed by atoms with Crippen LogP contribution >= 0.6 is 0 Å². The molecule has 0 amide bonds. The number of aryl methyl sites for hydroxylation is 3. The molecule has 0 aliphatic carbocycles. The van der Waals surface area contributed by atoms with E-state index in [1.807, 2.05) is 12.1 Å². The number of unbranched alkanes of at least 4 members (excludes halogenated alkanes) is 5. The minimum Gasteiger partial charge on any atom is -0.166 e. The number of hydrogen-bond donors (Lipinski definition) is 0. The van der Waals surface area contributed by atoms with E-state index in [0.29, 0.717) is 5.56 Å². The monoisotopic (exact) mass is 348 g/mol. The smallest absolute Gasteiger partial charge is 0.166 e. The van der Waals surface area contributed by atoms with Crippen LogP contribution < -0.4 is 0 Å². The predicted molar refractivity (Wildman–Crippen MR) is 97.7 cm³/mol. The predicted octanol–water partition coefficient (Wildman–Crippen LogP) is 7.14. The average Bonchev–Trinajstić information content (AvgIpc) is 2.57. The molecule has 0 saturated carbocycles. The van der Waals surface area contributed by atoms with Crippen LogP contribution in [0.15, 0.2) is 48.5 Å². The Morgan fingerprint density at radius 3 is 1.84 bits per heavy atom. The summed E-state index contributed by atoms with van der Waals surface area (Å²) in [5, 5.41) is 0. The van der Waals surface area contributed by atoms with Gasteiger partial charge in [0.2, 0.25) is 0 Å². The van der Waals surface area contributed by atoms with Crippen molar-refractivity contribution in [2.75, 3.05) is 0 Å². The van der Waals surface area contributed by atoms with Gasteiger partial charge in [-0.05, 0) is 55.9 Å². The van der Waals surface area contributed by atoms with Crippen LogP contribution in [0.25, 0.3) is 0 Å². The summed E-state index contributed by atoms with van der Waals surface area (Å²) in [6.07, 6.45) is 4.44. The molecule has 0 aliphatic rings. The molecule has 2 aromatic carbocycles. The topological polar surface area (TPSA) is 0 Å². The first-order valence-electron chi connectivity index (χ1n) is 9.17. The van der Waals surface area contributed by atoms with E-state index in [1.54, 1.807) is 6.92 Å². The Bertz CT molecular complexity index is 629. The van der Waals surface area contributed by atoms with Crippen molar-refractivity contribution in [2.24, 2.45) is 0 Å². The van der Waals surface area contributed by atoms with Crippen LogP contribution in [-0.2, 0) is 19.0 Å². The van der Waals surface area contributed by atoms with Crippen molar-refractivity contribution < 1.29 is 13.2 Å². The quantitative estimate of drug-likeness (QED) is 0.422. The van der Waals surface area contributed by atoms with Gasteiger partial charge in [0.15, 0.2) is 0 Å². The molecule has 136 valence electrons. The molecule has 2 rings (SSSR count). The van der Waals surface area contributed by atoms with Gasteiger partial charge in [0.1, 0.15) is 0 Å². The largest absolute Gasteiger partial charge is 0.416 e. The Balaban J connectivity index is 1.61. The SMILES string of the molecule is Cc1cc(CCCCCCCCc2ccccc2)cc(C(F)(F)F)c1. The number of halogens is 3. The van der Waals surface area contributed by atoms with Crippen LogP contribution in [0.5, 0.6) is 0 Å². The highest BCUT2D eigenvalue weighted by Crippen LogP contribution is 2.31. The summed E-state index contributed by atoms with van der Waals surface area (Å²) < 4.78 is 38.5. The molecule has 25 heavy (non-hydrogen) atoms. The molecule has 0 radical (unpaired) electrons. The first-order valence-corrected chi connectivity index (χ1v) is 9.17. The van der Waals surface area contributed by atoms with Gasteiger partial charge in [-0.15, -0.1) is 0 Å². The van der Waals surface area contributed by atoms with E-state index in [1.165, 1.54) is 37.0 Å². The van der Waals surface area contributed by atoms with E-state index >= 15 is 0 Å². The van der Waals surface area contributed by atoms with E-state index in [0.717, 1.165) is 37.7 Å². The van der Waals surface area contributed by atoms with E-state index in [2.05, 4.69) is 24.3 Å². The van der Waals surface area contributed by atoms with Gasteiger partial charge in [-0.1, -0.05) is 67.6 Å². The minimum absolute atomic E-state index is 0.525. The minimum atomic E-state index is -4.25. The highest BCUT2D eigenvalue weighted by Gasteiger charge is 2.30. The fourth-order valence-electron chi connectivity index (χ4n) is 3.18. The number of benzene rings is 2. The fourth-order valence-corrected chi connectivity index (χ4v) is 3.18. The van der Waals surface area contributed by atoms with Crippen molar-refractivity contribution in [3.05, 3.63) is 70.8 Å². The van der Waals surface area contributed by atoms with Gasteiger partial charge in [0.25, 0.3) is 0 Å². The molecule has 0 heterocycles. The normalized spacial score (nSPS) is 11.7. The molecule has 0 aromatic heterocycles. The second-order valence-electron chi connectivity index (χ2n) is 6.81. The van der Waals surface area contributed by atoms with Crippen molar-refractivity contribution >= 4 is 0 Å². The van der Waals surface area contributed by atoms with Crippen LogP contribution in [0.1, 0.15) is 60.8 Å². The van der Waals surface area contributed by atoms with Gasteiger partial charge in [-0.25, -0.2) is 0 Å². The lowest BCUT2D eigenvalue weighted by atomic mass is 10.00. The Morgan fingerprint density at radius 1 is 0.680 bits per heavy atom. The molecule has 0 nitrogen and oxygen atoms in total. The standard InChI is InChI=1S/C22H27F3/c1-18-15-20(17-21(16-18)22(23,24)25)14-8-5-3-2-4-7-11-19-12-9-6-10-13-19/h6,9-10,12-13,15-17H,2-5,7-8,11,14H2,1H3.